The molecule has 4 nitrogen and oxygen atoms in total. The smallest absolute Gasteiger partial charge is 0.130 e. The van der Waals surface area contributed by atoms with Gasteiger partial charge in [0, 0.05) is 31.5 Å². The molecule has 138 valence electrons. The van der Waals surface area contributed by atoms with Gasteiger partial charge in [-0.2, -0.15) is 0 Å². The second-order valence-corrected chi connectivity index (χ2v) is 6.69. The molecular formula is C22H22FN3O. The first-order valence-corrected chi connectivity index (χ1v) is 9.13. The van der Waals surface area contributed by atoms with Gasteiger partial charge in [-0.25, -0.2) is 9.37 Å². The Morgan fingerprint density at radius 1 is 1.04 bits per heavy atom. The zero-order chi connectivity index (χ0) is 18.5. The molecule has 2 heterocycles. The van der Waals surface area contributed by atoms with Crippen molar-refractivity contribution in [1.29, 1.82) is 0 Å². The number of aromatic nitrogens is 1. The van der Waals surface area contributed by atoms with Crippen molar-refractivity contribution in [3.05, 3.63) is 89.9 Å². The van der Waals surface area contributed by atoms with E-state index in [0.29, 0.717) is 0 Å². The molecule has 1 aliphatic heterocycles. The summed E-state index contributed by atoms with van der Waals surface area (Å²) in [6.45, 7) is 3.37. The lowest BCUT2D eigenvalue weighted by Gasteiger charge is -2.33. The Kier molecular flexibility index (Phi) is 5.42. The molecule has 1 aromatic heterocycles. The van der Waals surface area contributed by atoms with E-state index in [1.54, 1.807) is 12.1 Å². The lowest BCUT2D eigenvalue weighted by molar-refractivity contribution is -0.0329. The van der Waals surface area contributed by atoms with Crippen LogP contribution >= 0.6 is 0 Å². The molecule has 0 spiro atoms. The van der Waals surface area contributed by atoms with E-state index in [4.69, 9.17) is 4.74 Å². The zero-order valence-corrected chi connectivity index (χ0v) is 15.0. The van der Waals surface area contributed by atoms with Crippen LogP contribution in [0.3, 0.4) is 0 Å². The van der Waals surface area contributed by atoms with Crippen LogP contribution < -0.4 is 5.32 Å². The van der Waals surface area contributed by atoms with Crippen LogP contribution in [0.15, 0.2) is 72.9 Å². The van der Waals surface area contributed by atoms with Crippen LogP contribution in [0.4, 0.5) is 15.9 Å². The molecule has 1 N–H and O–H groups in total. The molecule has 0 radical (unpaired) electrons. The standard InChI is InChI=1S/C22H22FN3O/c23-19-7-9-20(10-8-19)25-22-11-6-17(14-24-22)15-26-12-13-27-21(16-26)18-4-2-1-3-5-18/h1-11,14,21H,12-13,15-16H2,(H,24,25)/t21-/m1/s1. The maximum absolute atomic E-state index is 13.0. The summed E-state index contributed by atoms with van der Waals surface area (Å²) in [7, 11) is 0. The Morgan fingerprint density at radius 3 is 2.59 bits per heavy atom. The average molecular weight is 363 g/mol. The molecule has 3 aromatic rings. The summed E-state index contributed by atoms with van der Waals surface area (Å²) < 4.78 is 18.9. The van der Waals surface area contributed by atoms with Crippen LogP contribution in [0.2, 0.25) is 0 Å². The Morgan fingerprint density at radius 2 is 1.85 bits per heavy atom. The van der Waals surface area contributed by atoms with E-state index < -0.39 is 0 Å². The van der Waals surface area contributed by atoms with Gasteiger partial charge in [-0.15, -0.1) is 0 Å². The fraction of sp³-hybridized carbons (Fsp3) is 0.227. The van der Waals surface area contributed by atoms with Crippen LogP contribution in [0.25, 0.3) is 0 Å². The minimum Gasteiger partial charge on any atom is -0.371 e. The van der Waals surface area contributed by atoms with Crippen molar-refractivity contribution in [3.8, 4) is 0 Å². The van der Waals surface area contributed by atoms with E-state index in [2.05, 4.69) is 45.5 Å². The predicted molar refractivity (Wildman–Crippen MR) is 104 cm³/mol. The van der Waals surface area contributed by atoms with Crippen molar-refractivity contribution in [2.24, 2.45) is 0 Å². The molecule has 5 heteroatoms. The monoisotopic (exact) mass is 363 g/mol. The molecule has 27 heavy (non-hydrogen) atoms. The Balaban J connectivity index is 1.36. The highest BCUT2D eigenvalue weighted by molar-refractivity contribution is 5.55. The number of hydrogen-bond donors (Lipinski definition) is 1. The number of benzene rings is 2. The van der Waals surface area contributed by atoms with Gasteiger partial charge in [0.05, 0.1) is 12.7 Å². The van der Waals surface area contributed by atoms with Crippen molar-refractivity contribution >= 4 is 11.5 Å². The van der Waals surface area contributed by atoms with Crippen LogP contribution in [0.1, 0.15) is 17.2 Å². The number of hydrogen-bond acceptors (Lipinski definition) is 4. The summed E-state index contributed by atoms with van der Waals surface area (Å²) in [6.07, 6.45) is 2.01. The number of morpholine rings is 1. The minimum absolute atomic E-state index is 0.118. The number of nitrogens with one attached hydrogen (secondary N) is 1. The number of pyridine rings is 1. The quantitative estimate of drug-likeness (QED) is 0.722. The van der Waals surface area contributed by atoms with E-state index in [0.717, 1.165) is 43.3 Å². The lowest BCUT2D eigenvalue weighted by Crippen LogP contribution is -2.37. The molecular weight excluding hydrogens is 341 g/mol. The van der Waals surface area contributed by atoms with E-state index in [1.807, 2.05) is 18.3 Å². The molecule has 1 saturated heterocycles. The van der Waals surface area contributed by atoms with Gasteiger partial charge in [0.1, 0.15) is 11.6 Å². The summed E-state index contributed by atoms with van der Waals surface area (Å²) in [5, 5.41) is 3.18. The molecule has 0 aliphatic carbocycles. The number of ether oxygens (including phenoxy) is 1. The molecule has 1 atom stereocenters. The van der Waals surface area contributed by atoms with Crippen molar-refractivity contribution in [1.82, 2.24) is 9.88 Å². The summed E-state index contributed by atoms with van der Waals surface area (Å²) in [5.41, 5.74) is 3.20. The Hall–Kier alpha value is -2.76. The largest absolute Gasteiger partial charge is 0.371 e. The highest BCUT2D eigenvalue weighted by Gasteiger charge is 2.21. The second kappa shape index (κ2) is 8.29. The number of anilines is 2. The van der Waals surface area contributed by atoms with Gasteiger partial charge in [0.2, 0.25) is 0 Å². The summed E-state index contributed by atoms with van der Waals surface area (Å²) >= 11 is 0. The SMILES string of the molecule is Fc1ccc(Nc2ccc(CN3CCO[C@@H](c4ccccc4)C3)cn2)cc1. The number of halogens is 1. The van der Waals surface area contributed by atoms with Crippen molar-refractivity contribution in [2.45, 2.75) is 12.6 Å². The predicted octanol–water partition coefficient (Wildman–Crippen LogP) is 4.54. The molecule has 0 unspecified atom stereocenters. The van der Waals surface area contributed by atoms with E-state index in [-0.39, 0.29) is 11.9 Å². The average Bonchev–Trinajstić information content (AvgIpc) is 2.72. The van der Waals surface area contributed by atoms with Crippen molar-refractivity contribution < 1.29 is 9.13 Å². The highest BCUT2D eigenvalue weighted by atomic mass is 19.1. The molecule has 4 rings (SSSR count). The van der Waals surface area contributed by atoms with Gasteiger partial charge in [0.25, 0.3) is 0 Å². The van der Waals surface area contributed by atoms with Crippen LogP contribution in [-0.2, 0) is 11.3 Å². The normalized spacial score (nSPS) is 17.6. The fourth-order valence-electron chi connectivity index (χ4n) is 3.25. The minimum atomic E-state index is -0.247. The van der Waals surface area contributed by atoms with Gasteiger partial charge >= 0.3 is 0 Å². The first-order valence-electron chi connectivity index (χ1n) is 9.13. The Bertz CT molecular complexity index is 853. The van der Waals surface area contributed by atoms with Crippen molar-refractivity contribution in [3.63, 3.8) is 0 Å². The summed E-state index contributed by atoms with van der Waals surface area (Å²) in [6, 6.07) is 20.6. The summed E-state index contributed by atoms with van der Waals surface area (Å²) in [5.74, 6) is 0.498. The number of rotatable bonds is 5. The highest BCUT2D eigenvalue weighted by Crippen LogP contribution is 2.23. The van der Waals surface area contributed by atoms with Crippen molar-refractivity contribution in [2.75, 3.05) is 25.0 Å². The van der Waals surface area contributed by atoms with Gasteiger partial charge in [-0.1, -0.05) is 36.4 Å². The third-order valence-corrected chi connectivity index (χ3v) is 4.67. The molecule has 0 saturated carbocycles. The molecule has 2 aromatic carbocycles. The van der Waals surface area contributed by atoms with Gasteiger partial charge in [-0.3, -0.25) is 4.90 Å². The fourth-order valence-corrected chi connectivity index (χ4v) is 3.25. The first-order chi connectivity index (χ1) is 13.3. The third kappa shape index (κ3) is 4.70. The van der Waals surface area contributed by atoms with E-state index in [1.165, 1.54) is 17.7 Å². The van der Waals surface area contributed by atoms with E-state index >= 15 is 0 Å². The van der Waals surface area contributed by atoms with Gasteiger partial charge in [0.15, 0.2) is 0 Å². The molecule has 1 aliphatic rings. The van der Waals surface area contributed by atoms with Gasteiger partial charge < -0.3 is 10.1 Å². The van der Waals surface area contributed by atoms with E-state index in [9.17, 15) is 4.39 Å². The van der Waals surface area contributed by atoms with Crippen LogP contribution in [0, 0.1) is 5.82 Å². The number of nitrogens with zero attached hydrogens (tertiary/aromatic N) is 2. The molecule has 0 amide bonds. The third-order valence-electron chi connectivity index (χ3n) is 4.67. The topological polar surface area (TPSA) is 37.4 Å². The summed E-state index contributed by atoms with van der Waals surface area (Å²) in [4.78, 5) is 6.87. The molecule has 0 bridgehead atoms. The maximum Gasteiger partial charge on any atom is 0.130 e. The zero-order valence-electron chi connectivity index (χ0n) is 15.0. The first kappa shape index (κ1) is 17.6. The lowest BCUT2D eigenvalue weighted by atomic mass is 10.1. The maximum atomic E-state index is 13.0. The van der Waals surface area contributed by atoms with Gasteiger partial charge in [-0.05, 0) is 41.5 Å². The van der Waals surface area contributed by atoms with Crippen LogP contribution in [-0.4, -0.2) is 29.6 Å². The van der Waals surface area contributed by atoms with Crippen LogP contribution in [0.5, 0.6) is 0 Å². The molecule has 1 fully saturated rings. The Labute approximate surface area is 158 Å². The second-order valence-electron chi connectivity index (χ2n) is 6.69.